The van der Waals surface area contributed by atoms with Crippen molar-refractivity contribution in [2.24, 2.45) is 0 Å². The normalized spacial score (nSPS) is 15.6. The second-order valence-corrected chi connectivity index (χ2v) is 7.80. The SMILES string of the molecule is CCC(C)(C)c1ccc(N2CCN(c3ccc(OC(F)(F)F)cc3)CC2)cc1. The molecule has 0 bridgehead atoms. The maximum Gasteiger partial charge on any atom is 0.573 e. The van der Waals surface area contributed by atoms with Crippen LogP contribution in [0.5, 0.6) is 5.75 Å². The molecule has 1 heterocycles. The first-order valence-electron chi connectivity index (χ1n) is 9.64. The Morgan fingerprint density at radius 2 is 1.21 bits per heavy atom. The second kappa shape index (κ2) is 7.94. The van der Waals surface area contributed by atoms with Gasteiger partial charge in [0.25, 0.3) is 0 Å². The lowest BCUT2D eigenvalue weighted by molar-refractivity contribution is -0.274. The van der Waals surface area contributed by atoms with Gasteiger partial charge < -0.3 is 14.5 Å². The zero-order valence-corrected chi connectivity index (χ0v) is 16.6. The van der Waals surface area contributed by atoms with E-state index in [1.165, 1.54) is 23.4 Å². The Hall–Kier alpha value is -2.37. The number of rotatable bonds is 5. The summed E-state index contributed by atoms with van der Waals surface area (Å²) in [4.78, 5) is 4.53. The second-order valence-electron chi connectivity index (χ2n) is 7.80. The molecule has 0 spiro atoms. The van der Waals surface area contributed by atoms with Gasteiger partial charge in [0.05, 0.1) is 0 Å². The predicted molar refractivity (Wildman–Crippen MR) is 107 cm³/mol. The lowest BCUT2D eigenvalue weighted by Crippen LogP contribution is -2.46. The van der Waals surface area contributed by atoms with E-state index in [0.29, 0.717) is 0 Å². The van der Waals surface area contributed by atoms with E-state index in [4.69, 9.17) is 0 Å². The molecule has 0 aliphatic carbocycles. The van der Waals surface area contributed by atoms with Gasteiger partial charge in [0.1, 0.15) is 5.75 Å². The Balaban J connectivity index is 1.58. The Kier molecular flexibility index (Phi) is 5.77. The smallest absolute Gasteiger partial charge is 0.406 e. The molecule has 2 aromatic carbocycles. The molecular weight excluding hydrogens is 365 g/mol. The molecule has 0 atom stereocenters. The number of benzene rings is 2. The van der Waals surface area contributed by atoms with E-state index >= 15 is 0 Å². The topological polar surface area (TPSA) is 15.7 Å². The van der Waals surface area contributed by atoms with Crippen LogP contribution >= 0.6 is 0 Å². The van der Waals surface area contributed by atoms with Crippen LogP contribution in [0, 0.1) is 0 Å². The number of hydrogen-bond acceptors (Lipinski definition) is 3. The molecule has 1 aliphatic rings. The number of nitrogens with zero attached hydrogens (tertiary/aromatic N) is 2. The van der Waals surface area contributed by atoms with Gasteiger partial charge in [-0.05, 0) is 53.8 Å². The Labute approximate surface area is 164 Å². The van der Waals surface area contributed by atoms with E-state index in [9.17, 15) is 13.2 Å². The number of ether oxygens (including phenoxy) is 1. The van der Waals surface area contributed by atoms with Crippen LogP contribution in [0.15, 0.2) is 48.5 Å². The number of anilines is 2. The van der Waals surface area contributed by atoms with E-state index in [1.807, 2.05) is 0 Å². The third-order valence-corrected chi connectivity index (χ3v) is 5.61. The molecule has 28 heavy (non-hydrogen) atoms. The van der Waals surface area contributed by atoms with E-state index in [-0.39, 0.29) is 11.2 Å². The van der Waals surface area contributed by atoms with Crippen molar-refractivity contribution >= 4 is 11.4 Å². The summed E-state index contributed by atoms with van der Waals surface area (Å²) in [6, 6.07) is 14.9. The monoisotopic (exact) mass is 392 g/mol. The highest BCUT2D eigenvalue weighted by Gasteiger charge is 2.31. The average molecular weight is 392 g/mol. The molecule has 1 saturated heterocycles. The summed E-state index contributed by atoms with van der Waals surface area (Å²) in [6.07, 6.45) is -3.56. The molecular formula is C22H27F3N2O. The summed E-state index contributed by atoms with van der Waals surface area (Å²) in [7, 11) is 0. The van der Waals surface area contributed by atoms with Crippen LogP contribution in [0.25, 0.3) is 0 Å². The quantitative estimate of drug-likeness (QED) is 0.659. The van der Waals surface area contributed by atoms with Gasteiger partial charge >= 0.3 is 6.36 Å². The van der Waals surface area contributed by atoms with Gasteiger partial charge in [0, 0.05) is 37.6 Å². The van der Waals surface area contributed by atoms with Crippen molar-refractivity contribution in [3.05, 3.63) is 54.1 Å². The van der Waals surface area contributed by atoms with Crippen molar-refractivity contribution in [2.75, 3.05) is 36.0 Å². The minimum atomic E-state index is -4.66. The molecule has 1 fully saturated rings. The van der Waals surface area contributed by atoms with Crippen molar-refractivity contribution in [1.29, 1.82) is 0 Å². The fraction of sp³-hybridized carbons (Fsp3) is 0.455. The number of hydrogen-bond donors (Lipinski definition) is 0. The first-order valence-corrected chi connectivity index (χ1v) is 9.64. The number of piperazine rings is 1. The maximum absolute atomic E-state index is 12.3. The number of alkyl halides is 3. The zero-order valence-electron chi connectivity index (χ0n) is 16.6. The first kappa shape index (κ1) is 20.4. The summed E-state index contributed by atoms with van der Waals surface area (Å²) in [5, 5.41) is 0. The third kappa shape index (κ3) is 4.91. The molecule has 0 amide bonds. The van der Waals surface area contributed by atoms with Crippen LogP contribution in [-0.2, 0) is 5.41 Å². The number of halogens is 3. The van der Waals surface area contributed by atoms with Crippen molar-refractivity contribution in [1.82, 2.24) is 0 Å². The summed E-state index contributed by atoms with van der Waals surface area (Å²) in [5.41, 5.74) is 3.65. The molecule has 2 aromatic rings. The van der Waals surface area contributed by atoms with Crippen molar-refractivity contribution < 1.29 is 17.9 Å². The lowest BCUT2D eigenvalue weighted by atomic mass is 9.82. The third-order valence-electron chi connectivity index (χ3n) is 5.61. The summed E-state index contributed by atoms with van der Waals surface area (Å²) in [5.74, 6) is -0.190. The van der Waals surface area contributed by atoms with Gasteiger partial charge in [-0.15, -0.1) is 13.2 Å². The molecule has 0 saturated carbocycles. The van der Waals surface area contributed by atoms with Crippen LogP contribution < -0.4 is 14.5 Å². The lowest BCUT2D eigenvalue weighted by Gasteiger charge is -2.37. The van der Waals surface area contributed by atoms with Gasteiger partial charge in [-0.2, -0.15) is 0 Å². The van der Waals surface area contributed by atoms with Crippen LogP contribution in [-0.4, -0.2) is 32.5 Å². The predicted octanol–water partition coefficient (Wildman–Crippen LogP) is 5.60. The van der Waals surface area contributed by atoms with Crippen LogP contribution in [0.3, 0.4) is 0 Å². The van der Waals surface area contributed by atoms with Gasteiger partial charge in [0.2, 0.25) is 0 Å². The van der Waals surface area contributed by atoms with Gasteiger partial charge in [0.15, 0.2) is 0 Å². The molecule has 0 radical (unpaired) electrons. The largest absolute Gasteiger partial charge is 0.573 e. The van der Waals surface area contributed by atoms with Crippen LogP contribution in [0.1, 0.15) is 32.8 Å². The summed E-state index contributed by atoms with van der Waals surface area (Å²) in [6.45, 7) is 10.1. The first-order chi connectivity index (χ1) is 13.2. The van der Waals surface area contributed by atoms with E-state index in [2.05, 4.69) is 59.6 Å². The van der Waals surface area contributed by atoms with Crippen LogP contribution in [0.2, 0.25) is 0 Å². The van der Waals surface area contributed by atoms with Gasteiger partial charge in [-0.3, -0.25) is 0 Å². The Morgan fingerprint density at radius 1 is 0.786 bits per heavy atom. The highest BCUT2D eigenvalue weighted by molar-refractivity contribution is 5.53. The maximum atomic E-state index is 12.3. The van der Waals surface area contributed by atoms with Crippen molar-refractivity contribution in [3.8, 4) is 5.75 Å². The molecule has 3 nitrogen and oxygen atoms in total. The van der Waals surface area contributed by atoms with Crippen molar-refractivity contribution in [3.63, 3.8) is 0 Å². The zero-order chi connectivity index (χ0) is 20.4. The van der Waals surface area contributed by atoms with Crippen molar-refractivity contribution in [2.45, 2.75) is 39.0 Å². The molecule has 3 rings (SSSR count). The molecule has 1 aliphatic heterocycles. The molecule has 0 N–H and O–H groups in total. The molecule has 6 heteroatoms. The molecule has 152 valence electrons. The highest BCUT2D eigenvalue weighted by Crippen LogP contribution is 2.30. The summed E-state index contributed by atoms with van der Waals surface area (Å²) >= 11 is 0. The minimum Gasteiger partial charge on any atom is -0.406 e. The Bertz CT molecular complexity index is 762. The Morgan fingerprint density at radius 3 is 1.61 bits per heavy atom. The molecule has 0 unspecified atom stereocenters. The fourth-order valence-corrected chi connectivity index (χ4v) is 3.41. The minimum absolute atomic E-state index is 0.180. The highest BCUT2D eigenvalue weighted by atomic mass is 19.4. The summed E-state index contributed by atoms with van der Waals surface area (Å²) < 4.78 is 40.8. The average Bonchev–Trinajstić information content (AvgIpc) is 2.68. The van der Waals surface area contributed by atoms with E-state index in [0.717, 1.165) is 38.3 Å². The van der Waals surface area contributed by atoms with Gasteiger partial charge in [-0.1, -0.05) is 32.9 Å². The fourth-order valence-electron chi connectivity index (χ4n) is 3.41. The van der Waals surface area contributed by atoms with Crippen LogP contribution in [0.4, 0.5) is 24.5 Å². The van der Waals surface area contributed by atoms with E-state index in [1.54, 1.807) is 12.1 Å². The van der Waals surface area contributed by atoms with Gasteiger partial charge in [-0.25, -0.2) is 0 Å². The standard InChI is InChI=1S/C22H27F3N2O/c1-4-21(2,3)17-5-7-18(8-6-17)26-13-15-27(16-14-26)19-9-11-20(12-10-19)28-22(23,24)25/h5-12H,4,13-16H2,1-3H3. The van der Waals surface area contributed by atoms with E-state index < -0.39 is 6.36 Å². The molecule has 0 aromatic heterocycles.